The lowest BCUT2D eigenvalue weighted by atomic mass is 9.81. The molecule has 0 spiro atoms. The number of esters is 1. The van der Waals surface area contributed by atoms with E-state index in [4.69, 9.17) is 4.74 Å². The zero-order chi connectivity index (χ0) is 9.90. The summed E-state index contributed by atoms with van der Waals surface area (Å²) in [7, 11) is 0. The van der Waals surface area contributed by atoms with Crippen molar-refractivity contribution in [3.8, 4) is 0 Å². The first-order valence-corrected chi connectivity index (χ1v) is 4.99. The van der Waals surface area contributed by atoms with E-state index in [1.807, 2.05) is 6.92 Å². The van der Waals surface area contributed by atoms with Crippen LogP contribution in [0.4, 0.5) is 0 Å². The fraction of sp³-hybridized carbons (Fsp3) is 0.900. The third-order valence-corrected chi connectivity index (χ3v) is 2.69. The van der Waals surface area contributed by atoms with Crippen LogP contribution < -0.4 is 5.32 Å². The quantitative estimate of drug-likeness (QED) is 0.659. The summed E-state index contributed by atoms with van der Waals surface area (Å²) >= 11 is 0. The first-order valence-electron chi connectivity index (χ1n) is 4.99. The fourth-order valence-electron chi connectivity index (χ4n) is 1.86. The lowest BCUT2D eigenvalue weighted by Crippen LogP contribution is -2.53. The predicted octanol–water partition coefficient (Wildman–Crippen LogP) is 1.33. The lowest BCUT2D eigenvalue weighted by molar-refractivity contribution is -0.151. The van der Waals surface area contributed by atoms with Crippen molar-refractivity contribution in [1.29, 1.82) is 0 Å². The maximum atomic E-state index is 11.6. The first kappa shape index (κ1) is 10.5. The van der Waals surface area contributed by atoms with Gasteiger partial charge in [0.1, 0.15) is 0 Å². The van der Waals surface area contributed by atoms with Crippen molar-refractivity contribution in [2.24, 2.45) is 5.92 Å². The molecular formula is C10H19NO2. The average Bonchev–Trinajstić information content (AvgIpc) is 2.03. The minimum atomic E-state index is -0.107. The maximum absolute atomic E-state index is 11.6. The van der Waals surface area contributed by atoms with Gasteiger partial charge in [-0.25, -0.2) is 0 Å². The van der Waals surface area contributed by atoms with Crippen molar-refractivity contribution >= 4 is 5.97 Å². The Bertz CT molecular complexity index is 189. The molecule has 1 N–H and O–H groups in total. The number of piperidine rings is 1. The SMILES string of the molecule is CCOC(=O)C1CCCNC1(C)C. The van der Waals surface area contributed by atoms with Gasteiger partial charge in [-0.3, -0.25) is 4.79 Å². The second-order valence-corrected chi connectivity index (χ2v) is 4.10. The molecule has 1 aliphatic rings. The summed E-state index contributed by atoms with van der Waals surface area (Å²) in [6.45, 7) is 7.46. The molecule has 0 aliphatic carbocycles. The number of hydrogen-bond donors (Lipinski definition) is 1. The molecule has 76 valence electrons. The molecule has 1 rings (SSSR count). The van der Waals surface area contributed by atoms with Crippen LogP contribution in [-0.4, -0.2) is 24.7 Å². The van der Waals surface area contributed by atoms with E-state index in [9.17, 15) is 4.79 Å². The Hall–Kier alpha value is -0.570. The smallest absolute Gasteiger partial charge is 0.310 e. The Balaban J connectivity index is 2.59. The van der Waals surface area contributed by atoms with Gasteiger partial charge < -0.3 is 10.1 Å². The number of carbonyl (C=O) groups excluding carboxylic acids is 1. The van der Waals surface area contributed by atoms with Crippen LogP contribution in [0.1, 0.15) is 33.6 Å². The standard InChI is InChI=1S/C10H19NO2/c1-4-13-9(12)8-6-5-7-11-10(8,2)3/h8,11H,4-7H2,1-3H3. The Morgan fingerprint density at radius 2 is 2.31 bits per heavy atom. The molecule has 1 aliphatic heterocycles. The van der Waals surface area contributed by atoms with Gasteiger partial charge in [0.15, 0.2) is 0 Å². The van der Waals surface area contributed by atoms with Gasteiger partial charge >= 0.3 is 5.97 Å². The minimum absolute atomic E-state index is 0.0150. The molecule has 0 amide bonds. The van der Waals surface area contributed by atoms with Crippen molar-refractivity contribution < 1.29 is 9.53 Å². The Morgan fingerprint density at radius 1 is 1.62 bits per heavy atom. The fourth-order valence-corrected chi connectivity index (χ4v) is 1.86. The summed E-state index contributed by atoms with van der Waals surface area (Å²) in [6.07, 6.45) is 2.01. The van der Waals surface area contributed by atoms with Crippen LogP contribution in [0.25, 0.3) is 0 Å². The third kappa shape index (κ3) is 2.44. The van der Waals surface area contributed by atoms with Crippen LogP contribution in [0.3, 0.4) is 0 Å². The van der Waals surface area contributed by atoms with E-state index in [0.717, 1.165) is 19.4 Å². The molecule has 1 unspecified atom stereocenters. The topological polar surface area (TPSA) is 38.3 Å². The molecule has 1 fully saturated rings. The van der Waals surface area contributed by atoms with Crippen molar-refractivity contribution in [1.82, 2.24) is 5.32 Å². The molecule has 0 bridgehead atoms. The van der Waals surface area contributed by atoms with Crippen LogP contribution in [0.2, 0.25) is 0 Å². The van der Waals surface area contributed by atoms with Gasteiger partial charge in [-0.15, -0.1) is 0 Å². The zero-order valence-electron chi connectivity index (χ0n) is 8.72. The molecule has 0 aromatic rings. The number of ether oxygens (including phenoxy) is 1. The summed E-state index contributed by atoms with van der Waals surface area (Å²) in [4.78, 5) is 11.6. The van der Waals surface area contributed by atoms with E-state index in [2.05, 4.69) is 19.2 Å². The first-order chi connectivity index (χ1) is 6.08. The molecule has 1 atom stereocenters. The van der Waals surface area contributed by atoms with E-state index >= 15 is 0 Å². The van der Waals surface area contributed by atoms with E-state index < -0.39 is 0 Å². The molecule has 3 heteroatoms. The van der Waals surface area contributed by atoms with Crippen LogP contribution in [-0.2, 0) is 9.53 Å². The summed E-state index contributed by atoms with van der Waals surface area (Å²) in [5.41, 5.74) is -0.107. The van der Waals surface area contributed by atoms with E-state index in [0.29, 0.717) is 6.61 Å². The summed E-state index contributed by atoms with van der Waals surface area (Å²) in [5, 5.41) is 3.35. The van der Waals surface area contributed by atoms with Gasteiger partial charge in [-0.2, -0.15) is 0 Å². The molecule has 0 aromatic carbocycles. The zero-order valence-corrected chi connectivity index (χ0v) is 8.72. The largest absolute Gasteiger partial charge is 0.466 e. The molecule has 0 radical (unpaired) electrons. The van der Waals surface area contributed by atoms with Crippen molar-refractivity contribution in [2.75, 3.05) is 13.2 Å². The van der Waals surface area contributed by atoms with Gasteiger partial charge in [-0.1, -0.05) is 0 Å². The van der Waals surface area contributed by atoms with Crippen LogP contribution >= 0.6 is 0 Å². The van der Waals surface area contributed by atoms with Crippen LogP contribution in [0.5, 0.6) is 0 Å². The number of hydrogen-bond acceptors (Lipinski definition) is 3. The highest BCUT2D eigenvalue weighted by Gasteiger charge is 2.37. The lowest BCUT2D eigenvalue weighted by Gasteiger charge is -2.37. The second-order valence-electron chi connectivity index (χ2n) is 4.10. The highest BCUT2D eigenvalue weighted by molar-refractivity contribution is 5.74. The Morgan fingerprint density at radius 3 is 2.85 bits per heavy atom. The van der Waals surface area contributed by atoms with Crippen molar-refractivity contribution in [2.45, 2.75) is 39.2 Å². The minimum Gasteiger partial charge on any atom is -0.466 e. The Labute approximate surface area is 79.8 Å². The highest BCUT2D eigenvalue weighted by atomic mass is 16.5. The van der Waals surface area contributed by atoms with E-state index in [1.165, 1.54) is 0 Å². The molecule has 13 heavy (non-hydrogen) atoms. The van der Waals surface area contributed by atoms with Gasteiger partial charge in [0, 0.05) is 5.54 Å². The summed E-state index contributed by atoms with van der Waals surface area (Å²) in [6, 6.07) is 0. The average molecular weight is 185 g/mol. The molecule has 1 saturated heterocycles. The van der Waals surface area contributed by atoms with Gasteiger partial charge in [0.05, 0.1) is 12.5 Å². The maximum Gasteiger partial charge on any atom is 0.310 e. The summed E-state index contributed by atoms with van der Waals surface area (Å²) < 4.78 is 5.04. The molecular weight excluding hydrogens is 166 g/mol. The highest BCUT2D eigenvalue weighted by Crippen LogP contribution is 2.26. The number of carbonyl (C=O) groups is 1. The van der Waals surface area contributed by atoms with Gasteiger partial charge in [0.25, 0.3) is 0 Å². The second kappa shape index (κ2) is 4.09. The Kier molecular flexibility index (Phi) is 3.31. The van der Waals surface area contributed by atoms with Crippen LogP contribution in [0.15, 0.2) is 0 Å². The molecule has 0 aromatic heterocycles. The van der Waals surface area contributed by atoms with Gasteiger partial charge in [-0.05, 0) is 40.2 Å². The van der Waals surface area contributed by atoms with E-state index in [-0.39, 0.29) is 17.4 Å². The summed E-state index contributed by atoms with van der Waals surface area (Å²) in [5.74, 6) is -0.0408. The van der Waals surface area contributed by atoms with Crippen LogP contribution in [0, 0.1) is 5.92 Å². The normalized spacial score (nSPS) is 26.8. The van der Waals surface area contributed by atoms with Crippen molar-refractivity contribution in [3.05, 3.63) is 0 Å². The molecule has 1 heterocycles. The van der Waals surface area contributed by atoms with Crippen molar-refractivity contribution in [3.63, 3.8) is 0 Å². The third-order valence-electron chi connectivity index (χ3n) is 2.69. The predicted molar refractivity (Wildman–Crippen MR) is 51.4 cm³/mol. The van der Waals surface area contributed by atoms with Gasteiger partial charge in [0.2, 0.25) is 0 Å². The monoisotopic (exact) mass is 185 g/mol. The van der Waals surface area contributed by atoms with E-state index in [1.54, 1.807) is 0 Å². The number of rotatable bonds is 2. The molecule has 0 saturated carbocycles. The number of nitrogens with one attached hydrogen (secondary N) is 1. The molecule has 3 nitrogen and oxygen atoms in total.